The highest BCUT2D eigenvalue weighted by Crippen LogP contribution is 2.33. The number of hydrogen-bond acceptors (Lipinski definition) is 3. The number of carbonyl (C=O) groups excluding carboxylic acids is 2. The van der Waals surface area contributed by atoms with E-state index in [9.17, 15) is 14.0 Å². The predicted molar refractivity (Wildman–Crippen MR) is 101 cm³/mol. The molecule has 3 rings (SSSR count). The first-order chi connectivity index (χ1) is 12.1. The summed E-state index contributed by atoms with van der Waals surface area (Å²) in [7, 11) is 0. The molecular formula is C19H27ClFN3O2. The Morgan fingerprint density at radius 1 is 1.08 bits per heavy atom. The molecule has 1 aromatic rings. The van der Waals surface area contributed by atoms with E-state index in [2.05, 4.69) is 16.0 Å². The molecule has 1 aliphatic heterocycles. The number of benzene rings is 1. The molecule has 0 radical (unpaired) electrons. The Morgan fingerprint density at radius 2 is 1.77 bits per heavy atom. The topological polar surface area (TPSA) is 70.2 Å². The van der Waals surface area contributed by atoms with Gasteiger partial charge in [0.05, 0.1) is 6.04 Å². The van der Waals surface area contributed by atoms with E-state index in [4.69, 9.17) is 0 Å². The van der Waals surface area contributed by atoms with E-state index in [1.807, 2.05) is 0 Å². The van der Waals surface area contributed by atoms with Gasteiger partial charge in [0.15, 0.2) is 0 Å². The molecule has 3 N–H and O–H groups in total. The van der Waals surface area contributed by atoms with Gasteiger partial charge < -0.3 is 16.0 Å². The molecule has 2 aliphatic rings. The van der Waals surface area contributed by atoms with Crippen molar-refractivity contribution < 1.29 is 14.0 Å². The molecule has 1 aliphatic carbocycles. The summed E-state index contributed by atoms with van der Waals surface area (Å²) >= 11 is 0. The maximum atomic E-state index is 12.8. The first-order valence-electron chi connectivity index (χ1n) is 9.21. The van der Waals surface area contributed by atoms with Crippen LogP contribution in [-0.4, -0.2) is 37.0 Å². The third-order valence-electron chi connectivity index (χ3n) is 5.22. The zero-order valence-electron chi connectivity index (χ0n) is 14.8. The van der Waals surface area contributed by atoms with E-state index in [0.29, 0.717) is 37.0 Å². The van der Waals surface area contributed by atoms with Crippen molar-refractivity contribution in [1.29, 1.82) is 0 Å². The molecule has 1 saturated carbocycles. The van der Waals surface area contributed by atoms with E-state index < -0.39 is 0 Å². The van der Waals surface area contributed by atoms with Crippen molar-refractivity contribution in [2.24, 2.45) is 5.92 Å². The lowest BCUT2D eigenvalue weighted by Crippen LogP contribution is -2.43. The Bertz CT molecular complexity index is 597. The third-order valence-corrected chi connectivity index (χ3v) is 5.22. The molecule has 0 aromatic heterocycles. The van der Waals surface area contributed by atoms with Crippen LogP contribution < -0.4 is 16.0 Å². The van der Waals surface area contributed by atoms with Crippen LogP contribution >= 0.6 is 12.4 Å². The fourth-order valence-corrected chi connectivity index (χ4v) is 3.85. The Labute approximate surface area is 159 Å². The molecule has 2 fully saturated rings. The van der Waals surface area contributed by atoms with Crippen molar-refractivity contribution in [3.8, 4) is 0 Å². The summed E-state index contributed by atoms with van der Waals surface area (Å²) in [6.45, 7) is 1.01. The Morgan fingerprint density at radius 3 is 2.50 bits per heavy atom. The fraction of sp³-hybridized carbons (Fsp3) is 0.579. The van der Waals surface area contributed by atoms with Gasteiger partial charge in [-0.2, -0.15) is 0 Å². The number of rotatable bonds is 6. The van der Waals surface area contributed by atoms with Crippen LogP contribution in [0.4, 0.5) is 4.39 Å². The number of amides is 2. The average Bonchev–Trinajstić information content (AvgIpc) is 3.06. The number of fused-ring (bicyclic) bond motifs is 1. The normalized spacial score (nSPS) is 24.3. The van der Waals surface area contributed by atoms with Crippen LogP contribution in [0.2, 0.25) is 0 Å². The van der Waals surface area contributed by atoms with Crippen molar-refractivity contribution in [3.63, 3.8) is 0 Å². The minimum absolute atomic E-state index is 0. The van der Waals surface area contributed by atoms with Crippen LogP contribution in [0.1, 0.15) is 48.9 Å². The van der Waals surface area contributed by atoms with E-state index in [1.165, 1.54) is 49.9 Å². The van der Waals surface area contributed by atoms with Gasteiger partial charge in [0.2, 0.25) is 5.91 Å². The van der Waals surface area contributed by atoms with Crippen LogP contribution in [0.15, 0.2) is 24.3 Å². The number of halogens is 2. The van der Waals surface area contributed by atoms with E-state index in [-0.39, 0.29) is 36.1 Å². The highest BCUT2D eigenvalue weighted by Gasteiger charge is 2.37. The highest BCUT2D eigenvalue weighted by molar-refractivity contribution is 5.94. The summed E-state index contributed by atoms with van der Waals surface area (Å²) in [5.41, 5.74) is 0.434. The molecule has 1 saturated heterocycles. The number of nitrogens with one attached hydrogen (secondary N) is 3. The molecule has 26 heavy (non-hydrogen) atoms. The predicted octanol–water partition coefficient (Wildman–Crippen LogP) is 2.40. The number of hydrogen-bond donors (Lipinski definition) is 3. The SMILES string of the molecule is Cl.O=C(NCCCNC(=O)C1CC2CCCCC2N1)c1ccc(F)cc1. The summed E-state index contributed by atoms with van der Waals surface area (Å²) in [6, 6.07) is 5.89. The number of carbonyl (C=O) groups is 2. The second-order valence-corrected chi connectivity index (χ2v) is 7.01. The third kappa shape index (κ3) is 5.42. The quantitative estimate of drug-likeness (QED) is 0.661. The van der Waals surface area contributed by atoms with Crippen molar-refractivity contribution in [1.82, 2.24) is 16.0 Å². The second kappa shape index (κ2) is 9.88. The molecule has 0 bridgehead atoms. The zero-order valence-corrected chi connectivity index (χ0v) is 15.6. The molecule has 7 heteroatoms. The van der Waals surface area contributed by atoms with Crippen molar-refractivity contribution in [3.05, 3.63) is 35.6 Å². The molecule has 1 aromatic carbocycles. The summed E-state index contributed by atoms with van der Waals surface area (Å²) in [5.74, 6) is 0.131. The highest BCUT2D eigenvalue weighted by atomic mass is 35.5. The van der Waals surface area contributed by atoms with Crippen molar-refractivity contribution in [2.75, 3.05) is 13.1 Å². The maximum Gasteiger partial charge on any atom is 0.251 e. The van der Waals surface area contributed by atoms with Crippen molar-refractivity contribution in [2.45, 2.75) is 50.6 Å². The first kappa shape index (κ1) is 20.6. The monoisotopic (exact) mass is 383 g/mol. The van der Waals surface area contributed by atoms with Crippen LogP contribution in [-0.2, 0) is 4.79 Å². The minimum atomic E-state index is -0.361. The maximum absolute atomic E-state index is 12.8. The Hall–Kier alpha value is -1.66. The summed E-state index contributed by atoms with van der Waals surface area (Å²) in [5, 5.41) is 9.19. The van der Waals surface area contributed by atoms with Crippen LogP contribution in [0.3, 0.4) is 0 Å². The van der Waals surface area contributed by atoms with Crippen LogP contribution in [0.25, 0.3) is 0 Å². The summed E-state index contributed by atoms with van der Waals surface area (Å²) in [6.07, 6.45) is 6.57. The van der Waals surface area contributed by atoms with E-state index in [0.717, 1.165) is 6.42 Å². The van der Waals surface area contributed by atoms with Gasteiger partial charge in [-0.3, -0.25) is 9.59 Å². The lowest BCUT2D eigenvalue weighted by atomic mass is 9.85. The van der Waals surface area contributed by atoms with Crippen molar-refractivity contribution >= 4 is 24.2 Å². The smallest absolute Gasteiger partial charge is 0.251 e. The minimum Gasteiger partial charge on any atom is -0.355 e. The van der Waals surface area contributed by atoms with Gasteiger partial charge in [0, 0.05) is 24.7 Å². The van der Waals surface area contributed by atoms with Gasteiger partial charge in [-0.25, -0.2) is 4.39 Å². The molecular weight excluding hydrogens is 357 g/mol. The van der Waals surface area contributed by atoms with E-state index in [1.54, 1.807) is 0 Å². The van der Waals surface area contributed by atoms with Gasteiger partial charge in [-0.1, -0.05) is 12.8 Å². The van der Waals surface area contributed by atoms with E-state index >= 15 is 0 Å². The molecule has 1 heterocycles. The largest absolute Gasteiger partial charge is 0.355 e. The summed E-state index contributed by atoms with van der Waals surface area (Å²) in [4.78, 5) is 24.1. The first-order valence-corrected chi connectivity index (χ1v) is 9.21. The lowest BCUT2D eigenvalue weighted by molar-refractivity contribution is -0.122. The Balaban J connectivity index is 0.00000243. The fourth-order valence-electron chi connectivity index (χ4n) is 3.85. The molecule has 144 valence electrons. The molecule has 2 amide bonds. The molecule has 3 atom stereocenters. The van der Waals surface area contributed by atoms with Gasteiger partial charge in [-0.15, -0.1) is 12.4 Å². The van der Waals surface area contributed by atoms with Gasteiger partial charge >= 0.3 is 0 Å². The van der Waals surface area contributed by atoms with Gasteiger partial charge in [-0.05, 0) is 55.9 Å². The lowest BCUT2D eigenvalue weighted by Gasteiger charge is -2.24. The van der Waals surface area contributed by atoms with Crippen LogP contribution in [0, 0.1) is 11.7 Å². The van der Waals surface area contributed by atoms with Crippen LogP contribution in [0.5, 0.6) is 0 Å². The van der Waals surface area contributed by atoms with Gasteiger partial charge in [0.1, 0.15) is 5.82 Å². The molecule has 0 spiro atoms. The Kier molecular flexibility index (Phi) is 7.85. The zero-order chi connectivity index (χ0) is 17.6. The average molecular weight is 384 g/mol. The second-order valence-electron chi connectivity index (χ2n) is 7.01. The molecule has 5 nitrogen and oxygen atoms in total. The molecule has 3 unspecified atom stereocenters. The standard InChI is InChI=1S/C19H26FN3O2.ClH/c20-15-8-6-13(7-9-15)18(24)21-10-3-11-22-19(25)17-12-14-4-1-2-5-16(14)23-17;/h6-9,14,16-17,23H,1-5,10-12H2,(H,21,24)(H,22,25);1H. The van der Waals surface area contributed by atoms with Gasteiger partial charge in [0.25, 0.3) is 5.91 Å². The summed E-state index contributed by atoms with van der Waals surface area (Å²) < 4.78 is 12.8.